The number of ether oxygens (including phenoxy) is 1. The lowest BCUT2D eigenvalue weighted by Crippen LogP contribution is -2.46. The molecule has 2 aromatic rings. The third kappa shape index (κ3) is 4.24. The number of hydrogen-bond acceptors (Lipinski definition) is 5. The molecule has 1 atom stereocenters. The van der Waals surface area contributed by atoms with Gasteiger partial charge in [-0.2, -0.15) is 0 Å². The fourth-order valence-corrected chi connectivity index (χ4v) is 5.85. The van der Waals surface area contributed by atoms with Crippen LogP contribution in [-0.2, 0) is 9.53 Å². The van der Waals surface area contributed by atoms with Crippen molar-refractivity contribution in [2.75, 3.05) is 33.8 Å². The maximum Gasteiger partial charge on any atom is 0.263 e. The van der Waals surface area contributed by atoms with Crippen LogP contribution in [0.1, 0.15) is 59.9 Å². The fraction of sp³-hybridized carbons (Fsp3) is 0.565. The van der Waals surface area contributed by atoms with E-state index in [1.165, 1.54) is 11.3 Å². The Morgan fingerprint density at radius 1 is 1.23 bits per heavy atom. The lowest BCUT2D eigenvalue weighted by atomic mass is 9.82. The fourth-order valence-electron chi connectivity index (χ4n) is 4.58. The maximum atomic E-state index is 13.0. The van der Waals surface area contributed by atoms with Gasteiger partial charge in [0.2, 0.25) is 5.91 Å². The van der Waals surface area contributed by atoms with E-state index in [4.69, 9.17) is 4.74 Å². The molecule has 30 heavy (non-hydrogen) atoms. The molecule has 6 nitrogen and oxygen atoms in total. The number of carbonyl (C=O) groups excluding carboxylic acids is 2. The number of hydrogen-bond donors (Lipinski definition) is 1. The minimum Gasteiger partial charge on any atom is -0.389 e. The number of aliphatic hydroxyl groups is 1. The Hall–Kier alpha value is -1.96. The van der Waals surface area contributed by atoms with Gasteiger partial charge >= 0.3 is 0 Å². The molecule has 1 aliphatic heterocycles. The van der Waals surface area contributed by atoms with Crippen LogP contribution in [0.3, 0.4) is 0 Å². The summed E-state index contributed by atoms with van der Waals surface area (Å²) in [7, 11) is 3.50. The third-order valence-electron chi connectivity index (χ3n) is 6.24. The first kappa shape index (κ1) is 21.3. The lowest BCUT2D eigenvalue weighted by molar-refractivity contribution is -0.145. The summed E-state index contributed by atoms with van der Waals surface area (Å²) in [6.07, 6.45) is 4.31. The van der Waals surface area contributed by atoms with Gasteiger partial charge in [-0.1, -0.05) is 37.5 Å². The second kappa shape index (κ2) is 8.65. The van der Waals surface area contributed by atoms with E-state index in [9.17, 15) is 14.7 Å². The number of morpholine rings is 1. The van der Waals surface area contributed by atoms with E-state index in [-0.39, 0.29) is 24.3 Å². The van der Waals surface area contributed by atoms with Gasteiger partial charge in [-0.25, -0.2) is 0 Å². The molecule has 7 heteroatoms. The zero-order chi connectivity index (χ0) is 21.3. The van der Waals surface area contributed by atoms with Crippen molar-refractivity contribution >= 4 is 33.2 Å². The Kier molecular flexibility index (Phi) is 6.14. The molecular formula is C23H30N2O4S. The van der Waals surface area contributed by atoms with Crippen molar-refractivity contribution in [1.29, 1.82) is 0 Å². The summed E-state index contributed by atoms with van der Waals surface area (Å²) in [5.41, 5.74) is 0.00717. The highest BCUT2D eigenvalue weighted by Crippen LogP contribution is 2.39. The van der Waals surface area contributed by atoms with Gasteiger partial charge in [0, 0.05) is 30.9 Å². The highest BCUT2D eigenvalue weighted by Gasteiger charge is 2.36. The summed E-state index contributed by atoms with van der Waals surface area (Å²) in [5, 5.41) is 11.8. The van der Waals surface area contributed by atoms with Gasteiger partial charge in [-0.15, -0.1) is 11.3 Å². The van der Waals surface area contributed by atoms with Gasteiger partial charge in [0.05, 0.1) is 30.1 Å². The molecule has 2 amide bonds. The summed E-state index contributed by atoms with van der Waals surface area (Å²) in [6.45, 7) is 1.35. The van der Waals surface area contributed by atoms with Gasteiger partial charge in [0.15, 0.2) is 0 Å². The van der Waals surface area contributed by atoms with E-state index < -0.39 is 5.60 Å². The van der Waals surface area contributed by atoms with Crippen molar-refractivity contribution < 1.29 is 19.4 Å². The first-order chi connectivity index (χ1) is 14.4. The van der Waals surface area contributed by atoms with Crippen LogP contribution >= 0.6 is 11.3 Å². The molecule has 1 N–H and O–H groups in total. The largest absolute Gasteiger partial charge is 0.389 e. The van der Waals surface area contributed by atoms with E-state index in [1.807, 2.05) is 24.3 Å². The van der Waals surface area contributed by atoms with Crippen molar-refractivity contribution in [2.24, 2.45) is 0 Å². The van der Waals surface area contributed by atoms with Crippen molar-refractivity contribution in [3.8, 4) is 0 Å². The Morgan fingerprint density at radius 2 is 1.97 bits per heavy atom. The van der Waals surface area contributed by atoms with Gasteiger partial charge in [-0.05, 0) is 24.3 Å². The van der Waals surface area contributed by atoms with Crippen LogP contribution in [0.4, 0.5) is 0 Å². The number of thiophene rings is 1. The zero-order valence-electron chi connectivity index (χ0n) is 17.7. The molecule has 2 aliphatic rings. The third-order valence-corrected chi connectivity index (χ3v) is 7.41. The lowest BCUT2D eigenvalue weighted by Gasteiger charge is -2.37. The molecule has 1 saturated carbocycles. The highest BCUT2D eigenvalue weighted by atomic mass is 32.1. The van der Waals surface area contributed by atoms with Crippen LogP contribution in [-0.4, -0.2) is 66.1 Å². The van der Waals surface area contributed by atoms with Crippen LogP contribution in [0.25, 0.3) is 10.1 Å². The smallest absolute Gasteiger partial charge is 0.263 e. The molecule has 1 aromatic heterocycles. The molecule has 0 spiro atoms. The van der Waals surface area contributed by atoms with Gasteiger partial charge in [-0.3, -0.25) is 9.59 Å². The number of rotatable bonds is 4. The predicted molar refractivity (Wildman–Crippen MR) is 118 cm³/mol. The average Bonchev–Trinajstić information content (AvgIpc) is 3.13. The van der Waals surface area contributed by atoms with E-state index >= 15 is 0 Å². The molecule has 0 bridgehead atoms. The van der Waals surface area contributed by atoms with Crippen molar-refractivity contribution in [1.82, 2.24) is 9.80 Å². The Labute approximate surface area is 181 Å². The van der Waals surface area contributed by atoms with Crippen LogP contribution in [0.5, 0.6) is 0 Å². The van der Waals surface area contributed by atoms with E-state index in [2.05, 4.69) is 0 Å². The Bertz CT molecular complexity index is 932. The standard InChI is InChI=1S/C23H30N2O4S/c1-24(2)22(27)21-20(16-8-4-5-9-18(16)30-21)17-15-25(12-13-29-17)19(26)14-23(28)10-6-3-7-11-23/h4-5,8-9,17,28H,3,6-7,10-15H2,1-2H3/t17-/m0/s1. The van der Waals surface area contributed by atoms with Crippen LogP contribution < -0.4 is 0 Å². The van der Waals surface area contributed by atoms with Gasteiger partial charge in [0.25, 0.3) is 5.91 Å². The molecule has 162 valence electrons. The quantitative estimate of drug-likeness (QED) is 0.805. The zero-order valence-corrected chi connectivity index (χ0v) is 18.5. The maximum absolute atomic E-state index is 13.0. The summed E-state index contributed by atoms with van der Waals surface area (Å²) < 4.78 is 7.12. The number of nitrogens with zero attached hydrogens (tertiary/aromatic N) is 2. The molecule has 0 unspecified atom stereocenters. The molecule has 1 aliphatic carbocycles. The van der Waals surface area contributed by atoms with Crippen LogP contribution in [0.15, 0.2) is 24.3 Å². The molecular weight excluding hydrogens is 400 g/mol. The highest BCUT2D eigenvalue weighted by molar-refractivity contribution is 7.21. The average molecular weight is 431 g/mol. The number of amides is 2. The summed E-state index contributed by atoms with van der Waals surface area (Å²) in [5.74, 6) is -0.0671. The summed E-state index contributed by atoms with van der Waals surface area (Å²) in [4.78, 5) is 29.9. The molecule has 4 rings (SSSR count). The topological polar surface area (TPSA) is 70.1 Å². The normalized spacial score (nSPS) is 21.6. The minimum atomic E-state index is -0.871. The Balaban J connectivity index is 1.59. The van der Waals surface area contributed by atoms with Crippen molar-refractivity contribution in [3.63, 3.8) is 0 Å². The van der Waals surface area contributed by atoms with Gasteiger partial charge in [0.1, 0.15) is 6.10 Å². The van der Waals surface area contributed by atoms with Gasteiger partial charge < -0.3 is 19.6 Å². The second-order valence-electron chi connectivity index (χ2n) is 8.70. The SMILES string of the molecule is CN(C)C(=O)c1sc2ccccc2c1[C@@H]1CN(C(=O)CC2(O)CCCCC2)CCO1. The Morgan fingerprint density at radius 3 is 2.70 bits per heavy atom. The second-order valence-corrected chi connectivity index (χ2v) is 9.75. The molecule has 2 heterocycles. The van der Waals surface area contributed by atoms with Crippen molar-refractivity contribution in [3.05, 3.63) is 34.7 Å². The molecule has 0 radical (unpaired) electrons. The monoisotopic (exact) mass is 430 g/mol. The van der Waals surface area contributed by atoms with Crippen LogP contribution in [0.2, 0.25) is 0 Å². The minimum absolute atomic E-state index is 0.0206. The first-order valence-corrected chi connectivity index (χ1v) is 11.5. The number of fused-ring (bicyclic) bond motifs is 1. The van der Waals surface area contributed by atoms with Crippen molar-refractivity contribution in [2.45, 2.75) is 50.2 Å². The van der Waals surface area contributed by atoms with E-state index in [1.54, 1.807) is 23.9 Å². The summed E-state index contributed by atoms with van der Waals surface area (Å²) in [6, 6.07) is 7.96. The van der Waals surface area contributed by atoms with Crippen LogP contribution in [0, 0.1) is 0 Å². The number of carbonyl (C=O) groups is 2. The number of benzene rings is 1. The first-order valence-electron chi connectivity index (χ1n) is 10.7. The summed E-state index contributed by atoms with van der Waals surface area (Å²) >= 11 is 1.48. The molecule has 1 saturated heterocycles. The molecule has 2 fully saturated rings. The van der Waals surface area contributed by atoms with E-state index in [0.717, 1.165) is 34.9 Å². The van der Waals surface area contributed by atoms with E-state index in [0.29, 0.717) is 37.4 Å². The molecule has 1 aromatic carbocycles. The predicted octanol–water partition coefficient (Wildman–Crippen LogP) is 3.59.